The van der Waals surface area contributed by atoms with E-state index in [0.29, 0.717) is 22.8 Å². The molecule has 1 saturated heterocycles. The maximum absolute atomic E-state index is 13.4. The second-order valence-electron chi connectivity index (χ2n) is 9.30. The molecule has 12 heteroatoms. The Bertz CT molecular complexity index is 1490. The number of aromatic amines is 1. The molecule has 4 bridgehead atoms. The number of nitriles is 1. The van der Waals surface area contributed by atoms with E-state index < -0.39 is 18.1 Å². The number of likely N-dealkylation sites (tertiary alicyclic amines) is 1. The first-order chi connectivity index (χ1) is 19.4. The van der Waals surface area contributed by atoms with Crippen molar-refractivity contribution in [1.82, 2.24) is 20.5 Å². The van der Waals surface area contributed by atoms with Crippen molar-refractivity contribution < 1.29 is 33.3 Å². The van der Waals surface area contributed by atoms with Crippen molar-refractivity contribution in [3.05, 3.63) is 71.0 Å². The number of benzene rings is 2. The molecular weight excluding hydrogens is 518 g/mol. The Kier molecular flexibility index (Phi) is 7.46. The van der Waals surface area contributed by atoms with E-state index in [9.17, 15) is 14.4 Å². The van der Waals surface area contributed by atoms with E-state index in [0.717, 1.165) is 5.56 Å². The number of nitrogens with one attached hydrogen (secondary N) is 3. The highest BCUT2D eigenvalue weighted by Gasteiger charge is 2.39. The number of nitrogens with zero attached hydrogens (tertiary/aromatic N) is 2. The molecule has 3 N–H and O–H groups in total. The van der Waals surface area contributed by atoms with Gasteiger partial charge >= 0.3 is 0 Å². The van der Waals surface area contributed by atoms with Crippen LogP contribution in [-0.2, 0) is 11.3 Å². The zero-order valence-corrected chi connectivity index (χ0v) is 21.9. The molecule has 1 fully saturated rings. The number of carbonyl (C=O) groups excluding carboxylic acids is 3. The van der Waals surface area contributed by atoms with Crippen LogP contribution in [0.3, 0.4) is 0 Å². The number of hydrogen-bond donors (Lipinski definition) is 3. The lowest BCUT2D eigenvalue weighted by molar-refractivity contribution is -0.123. The van der Waals surface area contributed by atoms with Gasteiger partial charge in [-0.2, -0.15) is 5.26 Å². The van der Waals surface area contributed by atoms with Crippen molar-refractivity contribution in [2.45, 2.75) is 18.7 Å². The minimum Gasteiger partial charge on any atom is -0.497 e. The SMILES string of the molecule is COc1cc2cc(c1)C(=O)N[C@H]1CN(C(=O)c3cc(C#N)c[nH]3)C[C@@H]1Oc1ccc(c(OC)c1)CNC(=O)CO2. The fourth-order valence-electron chi connectivity index (χ4n) is 4.62. The highest BCUT2D eigenvalue weighted by molar-refractivity contribution is 5.96. The molecule has 0 saturated carbocycles. The van der Waals surface area contributed by atoms with E-state index in [4.69, 9.17) is 24.2 Å². The molecule has 40 heavy (non-hydrogen) atoms. The second-order valence-corrected chi connectivity index (χ2v) is 9.30. The first-order valence-electron chi connectivity index (χ1n) is 12.5. The number of fused-ring (bicyclic) bond motifs is 7. The Labute approximate surface area is 229 Å². The quantitative estimate of drug-likeness (QED) is 0.449. The molecule has 0 aliphatic carbocycles. The van der Waals surface area contributed by atoms with Crippen LogP contribution in [0.25, 0.3) is 0 Å². The molecular formula is C28H27N5O7. The van der Waals surface area contributed by atoms with Crippen LogP contribution in [0.1, 0.15) is 32.0 Å². The number of rotatable bonds is 3. The molecule has 0 spiro atoms. The molecule has 2 aromatic carbocycles. The predicted octanol–water partition coefficient (Wildman–Crippen LogP) is 1.61. The van der Waals surface area contributed by atoms with Gasteiger partial charge in [0.15, 0.2) is 6.61 Å². The summed E-state index contributed by atoms with van der Waals surface area (Å²) in [6.07, 6.45) is 0.856. The van der Waals surface area contributed by atoms with Crippen LogP contribution < -0.4 is 29.6 Å². The summed E-state index contributed by atoms with van der Waals surface area (Å²) in [5.41, 5.74) is 1.58. The minimum absolute atomic E-state index is 0.164. The molecule has 4 heterocycles. The number of aromatic nitrogens is 1. The Morgan fingerprint density at radius 1 is 1.07 bits per heavy atom. The van der Waals surface area contributed by atoms with Crippen LogP contribution in [0.5, 0.6) is 23.0 Å². The van der Waals surface area contributed by atoms with Gasteiger partial charge in [-0.15, -0.1) is 0 Å². The molecule has 2 atom stereocenters. The number of methoxy groups -OCH3 is 2. The second kappa shape index (κ2) is 11.3. The first-order valence-corrected chi connectivity index (χ1v) is 12.5. The van der Waals surface area contributed by atoms with Gasteiger partial charge in [-0.1, -0.05) is 0 Å². The molecule has 3 aliphatic heterocycles. The monoisotopic (exact) mass is 545 g/mol. The van der Waals surface area contributed by atoms with Gasteiger partial charge in [-0.3, -0.25) is 14.4 Å². The summed E-state index contributed by atoms with van der Waals surface area (Å²) < 4.78 is 22.8. The Morgan fingerprint density at radius 3 is 2.67 bits per heavy atom. The van der Waals surface area contributed by atoms with Gasteiger partial charge in [0.05, 0.1) is 32.4 Å². The molecule has 1 aromatic heterocycles. The fourth-order valence-corrected chi connectivity index (χ4v) is 4.62. The van der Waals surface area contributed by atoms with Crippen molar-refractivity contribution in [2.24, 2.45) is 0 Å². The Hall–Kier alpha value is -5.18. The van der Waals surface area contributed by atoms with Gasteiger partial charge in [0, 0.05) is 42.5 Å². The summed E-state index contributed by atoms with van der Waals surface area (Å²) in [6, 6.07) is 12.7. The van der Waals surface area contributed by atoms with Gasteiger partial charge in [-0.25, -0.2) is 0 Å². The van der Waals surface area contributed by atoms with Crippen LogP contribution in [0, 0.1) is 11.3 Å². The van der Waals surface area contributed by atoms with E-state index in [2.05, 4.69) is 15.6 Å². The number of hydrogen-bond acceptors (Lipinski definition) is 8. The number of ether oxygens (including phenoxy) is 4. The van der Waals surface area contributed by atoms with E-state index in [1.807, 2.05) is 6.07 Å². The van der Waals surface area contributed by atoms with Gasteiger partial charge in [0.2, 0.25) is 0 Å². The van der Waals surface area contributed by atoms with Gasteiger partial charge in [0.1, 0.15) is 40.9 Å². The molecule has 206 valence electrons. The molecule has 0 unspecified atom stereocenters. The third-order valence-corrected chi connectivity index (χ3v) is 6.68. The largest absolute Gasteiger partial charge is 0.497 e. The summed E-state index contributed by atoms with van der Waals surface area (Å²) >= 11 is 0. The maximum Gasteiger partial charge on any atom is 0.270 e. The molecule has 3 aliphatic rings. The molecule has 6 rings (SSSR count). The number of amides is 3. The van der Waals surface area contributed by atoms with Crippen molar-refractivity contribution in [1.29, 1.82) is 5.26 Å². The summed E-state index contributed by atoms with van der Waals surface area (Å²) in [6.45, 7) is 0.268. The minimum atomic E-state index is -0.606. The van der Waals surface area contributed by atoms with Crippen LogP contribution in [0.4, 0.5) is 0 Å². The number of H-pyrrole nitrogens is 1. The van der Waals surface area contributed by atoms with Crippen molar-refractivity contribution in [3.8, 4) is 29.1 Å². The topological polar surface area (TPSA) is 155 Å². The van der Waals surface area contributed by atoms with E-state index in [-0.39, 0.29) is 55.1 Å². The summed E-state index contributed by atoms with van der Waals surface area (Å²) in [7, 11) is 2.98. The highest BCUT2D eigenvalue weighted by Crippen LogP contribution is 2.28. The van der Waals surface area contributed by atoms with E-state index in [1.165, 1.54) is 32.5 Å². The smallest absolute Gasteiger partial charge is 0.270 e. The molecule has 0 radical (unpaired) electrons. The predicted molar refractivity (Wildman–Crippen MR) is 140 cm³/mol. The first kappa shape index (κ1) is 26.4. The van der Waals surface area contributed by atoms with E-state index in [1.54, 1.807) is 35.2 Å². The highest BCUT2D eigenvalue weighted by atomic mass is 16.5. The lowest BCUT2D eigenvalue weighted by Gasteiger charge is -2.22. The summed E-state index contributed by atoms with van der Waals surface area (Å²) in [5, 5.41) is 14.9. The van der Waals surface area contributed by atoms with Crippen LogP contribution >= 0.6 is 0 Å². The molecule has 3 aromatic rings. The molecule has 3 amide bonds. The normalized spacial score (nSPS) is 18.8. The van der Waals surface area contributed by atoms with Gasteiger partial charge < -0.3 is 39.5 Å². The average Bonchev–Trinajstić information content (AvgIpc) is 3.61. The van der Waals surface area contributed by atoms with Crippen molar-refractivity contribution in [3.63, 3.8) is 0 Å². The van der Waals surface area contributed by atoms with Crippen LogP contribution in [-0.4, -0.2) is 73.7 Å². The Balaban J connectivity index is 1.48. The summed E-state index contributed by atoms with van der Waals surface area (Å²) in [5.74, 6) is 0.499. The standard InChI is InChI=1S/C28H27N5O7/c1-37-20-6-18-7-21(8-20)39-15-26(34)31-12-17-3-4-19(9-24(17)38-2)40-25-14-33(13-23(25)32-27(18)35)28(36)22-5-16(10-29)11-30-22/h3-9,11,23,25,30H,12-15H2,1-2H3,(H,31,34)(H,32,35)/t23-,25-/m0/s1. The van der Waals surface area contributed by atoms with Gasteiger partial charge in [-0.05, 0) is 30.3 Å². The van der Waals surface area contributed by atoms with Gasteiger partial charge in [0.25, 0.3) is 17.7 Å². The lowest BCUT2D eigenvalue weighted by atomic mass is 10.1. The van der Waals surface area contributed by atoms with Crippen molar-refractivity contribution >= 4 is 17.7 Å². The maximum atomic E-state index is 13.4. The third kappa shape index (κ3) is 5.63. The zero-order valence-electron chi connectivity index (χ0n) is 21.9. The Morgan fingerprint density at radius 2 is 1.93 bits per heavy atom. The fraction of sp³-hybridized carbons (Fsp3) is 0.286. The van der Waals surface area contributed by atoms with Crippen LogP contribution in [0.15, 0.2) is 48.7 Å². The van der Waals surface area contributed by atoms with E-state index >= 15 is 0 Å². The third-order valence-electron chi connectivity index (χ3n) is 6.68. The van der Waals surface area contributed by atoms with Crippen molar-refractivity contribution in [2.75, 3.05) is 33.9 Å². The summed E-state index contributed by atoms with van der Waals surface area (Å²) in [4.78, 5) is 43.4. The number of carbonyl (C=O) groups is 3. The lowest BCUT2D eigenvalue weighted by Crippen LogP contribution is -2.45. The molecule has 12 nitrogen and oxygen atoms in total. The average molecular weight is 546 g/mol. The van der Waals surface area contributed by atoms with Crippen LogP contribution in [0.2, 0.25) is 0 Å². The zero-order chi connectivity index (χ0) is 28.2.